The van der Waals surface area contributed by atoms with Gasteiger partial charge < -0.3 is 15.0 Å². The normalized spacial score (nSPS) is 18.7. The number of fused-ring (bicyclic) bond motifs is 1. The molecule has 1 heterocycles. The molecule has 208 valence electrons. The molecular weight excluding hydrogens is 498 g/mol. The van der Waals surface area contributed by atoms with Crippen molar-refractivity contribution in [3.63, 3.8) is 0 Å². The molecule has 2 aliphatic rings. The number of Topliss-reactive ketones (excluding diaryl/α,β-unsaturated/α-hetero) is 1. The molecule has 1 aliphatic heterocycles. The Kier molecular flexibility index (Phi) is 7.70. The average molecular weight is 538 g/mol. The highest BCUT2D eigenvalue weighted by Crippen LogP contribution is 2.47. The minimum absolute atomic E-state index is 0.0364. The summed E-state index contributed by atoms with van der Waals surface area (Å²) in [5, 5.41) is 3.59. The van der Waals surface area contributed by atoms with Gasteiger partial charge in [-0.25, -0.2) is 0 Å². The van der Waals surface area contributed by atoms with E-state index in [1.807, 2.05) is 48.5 Å². The maximum atomic E-state index is 14.1. The van der Waals surface area contributed by atoms with E-state index < -0.39 is 6.04 Å². The second-order valence-corrected chi connectivity index (χ2v) is 11.3. The molecule has 6 nitrogen and oxygen atoms in total. The Balaban J connectivity index is 1.63. The van der Waals surface area contributed by atoms with Crippen LogP contribution < -0.4 is 19.9 Å². The smallest absolute Gasteiger partial charge is 0.224 e. The van der Waals surface area contributed by atoms with E-state index in [0.29, 0.717) is 30.5 Å². The van der Waals surface area contributed by atoms with E-state index in [2.05, 4.69) is 62.2 Å². The van der Waals surface area contributed by atoms with Gasteiger partial charge in [-0.05, 0) is 87.6 Å². The van der Waals surface area contributed by atoms with Crippen molar-refractivity contribution in [1.29, 1.82) is 0 Å². The van der Waals surface area contributed by atoms with Crippen molar-refractivity contribution in [2.75, 3.05) is 22.2 Å². The van der Waals surface area contributed by atoms with E-state index in [1.54, 1.807) is 18.9 Å². The van der Waals surface area contributed by atoms with Gasteiger partial charge in [0.25, 0.3) is 0 Å². The first-order valence-corrected chi connectivity index (χ1v) is 14.1. The number of hydrogen-bond acceptors (Lipinski definition) is 5. The summed E-state index contributed by atoms with van der Waals surface area (Å²) in [6.07, 6.45) is 1.06. The number of allylic oxidation sites excluding steroid dienone is 1. The van der Waals surface area contributed by atoms with E-state index in [9.17, 15) is 9.59 Å². The number of ketones is 1. The molecular formula is C34H39N3O3. The minimum atomic E-state index is -0.520. The number of benzene rings is 3. The summed E-state index contributed by atoms with van der Waals surface area (Å²) in [7, 11) is 1.65. The number of hydrogen-bond donors (Lipinski definition) is 1. The van der Waals surface area contributed by atoms with Gasteiger partial charge in [0.15, 0.2) is 5.78 Å². The molecule has 0 fully saturated rings. The zero-order chi connectivity index (χ0) is 28.6. The molecule has 2 unspecified atom stereocenters. The highest BCUT2D eigenvalue weighted by atomic mass is 16.5. The molecule has 0 saturated heterocycles. The van der Waals surface area contributed by atoms with Crippen LogP contribution in [-0.2, 0) is 9.59 Å². The van der Waals surface area contributed by atoms with E-state index in [0.717, 1.165) is 39.6 Å². The fraction of sp³-hybridized carbons (Fsp3) is 0.353. The second-order valence-electron chi connectivity index (χ2n) is 11.3. The van der Waals surface area contributed by atoms with Crippen molar-refractivity contribution in [2.45, 2.75) is 71.5 Å². The van der Waals surface area contributed by atoms with Crippen LogP contribution in [0, 0.1) is 0 Å². The topological polar surface area (TPSA) is 61.9 Å². The summed E-state index contributed by atoms with van der Waals surface area (Å²) in [4.78, 5) is 31.6. The van der Waals surface area contributed by atoms with Gasteiger partial charge >= 0.3 is 0 Å². The molecule has 2 atom stereocenters. The molecule has 5 rings (SSSR count). The van der Waals surface area contributed by atoms with Crippen LogP contribution in [0.2, 0.25) is 0 Å². The maximum Gasteiger partial charge on any atom is 0.224 e. The number of carbonyl (C=O) groups is 2. The van der Waals surface area contributed by atoms with Crippen LogP contribution in [0.25, 0.3) is 0 Å². The first kappa shape index (κ1) is 27.5. The predicted octanol–water partition coefficient (Wildman–Crippen LogP) is 7.24. The lowest BCUT2D eigenvalue weighted by atomic mass is 9.78. The molecule has 1 amide bonds. The van der Waals surface area contributed by atoms with Crippen molar-refractivity contribution < 1.29 is 14.3 Å². The molecule has 0 spiro atoms. The van der Waals surface area contributed by atoms with Crippen LogP contribution in [0.1, 0.15) is 70.5 Å². The standard InChI is InChI=1S/C34H39N3O3/c1-21(2)36(22(3)4)27-15-11-25(12-16-27)34-33-30(35-29-9-7-8-10-31(29)37(34)23(5)38)19-26(20-32(33)39)24-13-17-28(40-6)18-14-24/h7-18,21-22,26,34-35H,19-20H2,1-6H3. The highest BCUT2D eigenvalue weighted by molar-refractivity contribution is 6.06. The molecule has 0 saturated carbocycles. The Labute approximate surface area is 237 Å². The summed E-state index contributed by atoms with van der Waals surface area (Å²) >= 11 is 0. The summed E-state index contributed by atoms with van der Waals surface area (Å²) in [6, 6.07) is 24.4. The lowest BCUT2D eigenvalue weighted by molar-refractivity contribution is -0.117. The van der Waals surface area contributed by atoms with Crippen LogP contribution in [0.3, 0.4) is 0 Å². The molecule has 0 aromatic heterocycles. The van der Waals surface area contributed by atoms with Crippen LogP contribution in [0.4, 0.5) is 17.1 Å². The lowest BCUT2D eigenvalue weighted by Gasteiger charge is -2.36. The van der Waals surface area contributed by atoms with Crippen LogP contribution >= 0.6 is 0 Å². The van der Waals surface area contributed by atoms with Crippen molar-refractivity contribution in [3.05, 3.63) is 95.2 Å². The fourth-order valence-electron chi connectivity index (χ4n) is 6.39. The van der Waals surface area contributed by atoms with Crippen molar-refractivity contribution >= 4 is 28.8 Å². The quantitative estimate of drug-likeness (QED) is 0.359. The number of carbonyl (C=O) groups excluding carboxylic acids is 2. The monoisotopic (exact) mass is 537 g/mol. The van der Waals surface area contributed by atoms with E-state index in [1.165, 1.54) is 0 Å². The van der Waals surface area contributed by atoms with Crippen LogP contribution in [-0.4, -0.2) is 30.9 Å². The third-order valence-electron chi connectivity index (χ3n) is 8.03. The largest absolute Gasteiger partial charge is 0.497 e. The molecule has 3 aromatic rings. The van der Waals surface area contributed by atoms with Gasteiger partial charge in [-0.15, -0.1) is 0 Å². The Morgan fingerprint density at radius 3 is 2.12 bits per heavy atom. The zero-order valence-corrected chi connectivity index (χ0v) is 24.3. The second kappa shape index (κ2) is 11.2. The molecule has 0 radical (unpaired) electrons. The van der Waals surface area contributed by atoms with E-state index >= 15 is 0 Å². The Morgan fingerprint density at radius 2 is 1.52 bits per heavy atom. The highest BCUT2D eigenvalue weighted by Gasteiger charge is 2.40. The predicted molar refractivity (Wildman–Crippen MR) is 162 cm³/mol. The Morgan fingerprint density at radius 1 is 0.900 bits per heavy atom. The van der Waals surface area contributed by atoms with E-state index in [4.69, 9.17) is 4.74 Å². The van der Waals surface area contributed by atoms with Crippen molar-refractivity contribution in [2.24, 2.45) is 0 Å². The SMILES string of the molecule is COc1ccc(C2CC(=O)C3=C(C2)Nc2ccccc2N(C(C)=O)C3c2ccc(N(C(C)C)C(C)C)cc2)cc1. The van der Waals surface area contributed by atoms with Crippen LogP contribution in [0.15, 0.2) is 84.1 Å². The number of ether oxygens (including phenoxy) is 1. The number of amides is 1. The lowest BCUT2D eigenvalue weighted by Crippen LogP contribution is -2.38. The first-order chi connectivity index (χ1) is 19.2. The van der Waals surface area contributed by atoms with Gasteiger partial charge in [0.2, 0.25) is 5.91 Å². The summed E-state index contributed by atoms with van der Waals surface area (Å²) in [5.74, 6) is 0.789. The van der Waals surface area contributed by atoms with Crippen molar-refractivity contribution in [3.8, 4) is 5.75 Å². The number of nitrogens with zero attached hydrogens (tertiary/aromatic N) is 2. The van der Waals surface area contributed by atoms with Gasteiger partial charge in [-0.3, -0.25) is 14.5 Å². The first-order valence-electron chi connectivity index (χ1n) is 14.1. The molecule has 0 bridgehead atoms. The number of rotatable bonds is 6. The molecule has 1 N–H and O–H groups in total. The Hall–Kier alpha value is -4.06. The average Bonchev–Trinajstić information content (AvgIpc) is 3.08. The summed E-state index contributed by atoms with van der Waals surface area (Å²) in [6.45, 7) is 10.3. The summed E-state index contributed by atoms with van der Waals surface area (Å²) < 4.78 is 5.34. The summed E-state index contributed by atoms with van der Waals surface area (Å²) in [5.41, 5.74) is 6.32. The zero-order valence-electron chi connectivity index (χ0n) is 24.3. The fourth-order valence-corrected chi connectivity index (χ4v) is 6.39. The third-order valence-corrected chi connectivity index (χ3v) is 8.03. The number of methoxy groups -OCH3 is 1. The number of para-hydroxylation sites is 2. The van der Waals surface area contributed by atoms with Gasteiger partial charge in [-0.1, -0.05) is 36.4 Å². The van der Waals surface area contributed by atoms with Crippen LogP contribution in [0.5, 0.6) is 5.75 Å². The molecule has 6 heteroatoms. The Bertz CT molecular complexity index is 1420. The molecule has 1 aliphatic carbocycles. The van der Waals surface area contributed by atoms with Gasteiger partial charge in [-0.2, -0.15) is 0 Å². The molecule has 40 heavy (non-hydrogen) atoms. The molecule has 3 aromatic carbocycles. The van der Waals surface area contributed by atoms with E-state index in [-0.39, 0.29) is 17.6 Å². The maximum absolute atomic E-state index is 14.1. The number of anilines is 3. The van der Waals surface area contributed by atoms with Crippen molar-refractivity contribution in [1.82, 2.24) is 0 Å². The third kappa shape index (κ3) is 5.10. The number of nitrogens with one attached hydrogen (secondary N) is 1. The van der Waals surface area contributed by atoms with Gasteiger partial charge in [0.1, 0.15) is 5.75 Å². The van der Waals surface area contributed by atoms with Gasteiger partial charge in [0, 0.05) is 42.4 Å². The van der Waals surface area contributed by atoms with Gasteiger partial charge in [0.05, 0.1) is 24.5 Å². The minimum Gasteiger partial charge on any atom is -0.497 e.